The molecule has 0 radical (unpaired) electrons. The van der Waals surface area contributed by atoms with Crippen LogP contribution >= 0.6 is 15.9 Å². The van der Waals surface area contributed by atoms with Crippen LogP contribution in [0.3, 0.4) is 0 Å². The van der Waals surface area contributed by atoms with Crippen LogP contribution in [0.1, 0.15) is 33.1 Å². The summed E-state index contributed by atoms with van der Waals surface area (Å²) < 4.78 is 2.39. The van der Waals surface area contributed by atoms with E-state index >= 15 is 0 Å². The van der Waals surface area contributed by atoms with E-state index < -0.39 is 0 Å². The maximum Gasteiger partial charge on any atom is 0.218 e. The number of hydrogen-bond donors (Lipinski definition) is 1. The standard InChI is InChI=1S/C13H18BrN3O/c1-13(2,9-15)5-3-4-6-17-7-10(14)12(18)11(16)8-17/h7-8H,3-6,16H2,1-2H3. The van der Waals surface area contributed by atoms with Crippen LogP contribution in [0, 0.1) is 16.7 Å². The molecule has 98 valence electrons. The molecule has 0 bridgehead atoms. The van der Waals surface area contributed by atoms with Crippen molar-refractivity contribution < 1.29 is 0 Å². The second-order valence-electron chi connectivity index (χ2n) is 5.08. The highest BCUT2D eigenvalue weighted by Gasteiger charge is 2.15. The van der Waals surface area contributed by atoms with Crippen LogP contribution in [-0.4, -0.2) is 4.57 Å². The van der Waals surface area contributed by atoms with E-state index in [0.29, 0.717) is 4.47 Å². The number of anilines is 1. The van der Waals surface area contributed by atoms with Gasteiger partial charge in [0.1, 0.15) is 0 Å². The molecule has 0 saturated heterocycles. The molecular formula is C13H18BrN3O. The summed E-state index contributed by atoms with van der Waals surface area (Å²) in [6.07, 6.45) is 6.21. The van der Waals surface area contributed by atoms with Crippen LogP contribution in [-0.2, 0) is 6.54 Å². The Labute approximate surface area is 116 Å². The zero-order chi connectivity index (χ0) is 13.8. The Kier molecular flexibility index (Phi) is 4.97. The van der Waals surface area contributed by atoms with Gasteiger partial charge in [-0.2, -0.15) is 5.26 Å². The van der Waals surface area contributed by atoms with Gasteiger partial charge in [0, 0.05) is 18.9 Å². The number of pyridine rings is 1. The zero-order valence-corrected chi connectivity index (χ0v) is 12.3. The van der Waals surface area contributed by atoms with Crippen molar-refractivity contribution in [3.05, 3.63) is 27.1 Å². The van der Waals surface area contributed by atoms with Crippen molar-refractivity contribution in [2.75, 3.05) is 5.73 Å². The van der Waals surface area contributed by atoms with Crippen molar-refractivity contribution in [1.29, 1.82) is 5.26 Å². The van der Waals surface area contributed by atoms with Crippen molar-refractivity contribution in [2.24, 2.45) is 5.41 Å². The summed E-state index contributed by atoms with van der Waals surface area (Å²) in [6, 6.07) is 2.29. The molecule has 2 N–H and O–H groups in total. The van der Waals surface area contributed by atoms with Gasteiger partial charge in [0.25, 0.3) is 0 Å². The highest BCUT2D eigenvalue weighted by Crippen LogP contribution is 2.21. The third-order valence-corrected chi connectivity index (χ3v) is 3.40. The Hall–Kier alpha value is -1.28. The average Bonchev–Trinajstić information content (AvgIpc) is 2.31. The topological polar surface area (TPSA) is 71.8 Å². The van der Waals surface area contributed by atoms with Gasteiger partial charge >= 0.3 is 0 Å². The molecule has 0 amide bonds. The molecule has 1 rings (SSSR count). The quantitative estimate of drug-likeness (QED) is 0.850. The maximum absolute atomic E-state index is 11.4. The lowest BCUT2D eigenvalue weighted by atomic mass is 9.89. The van der Waals surface area contributed by atoms with Crippen molar-refractivity contribution in [1.82, 2.24) is 4.57 Å². The van der Waals surface area contributed by atoms with Crippen LogP contribution in [0.5, 0.6) is 0 Å². The van der Waals surface area contributed by atoms with Crippen molar-refractivity contribution in [2.45, 2.75) is 39.7 Å². The summed E-state index contributed by atoms with van der Waals surface area (Å²) in [4.78, 5) is 11.4. The van der Waals surface area contributed by atoms with E-state index in [1.165, 1.54) is 0 Å². The summed E-state index contributed by atoms with van der Waals surface area (Å²) in [5.41, 5.74) is 5.43. The Morgan fingerprint density at radius 1 is 1.44 bits per heavy atom. The Morgan fingerprint density at radius 2 is 2.11 bits per heavy atom. The molecular weight excluding hydrogens is 294 g/mol. The first-order valence-electron chi connectivity index (χ1n) is 5.92. The lowest BCUT2D eigenvalue weighted by molar-refractivity contribution is 0.416. The molecule has 0 atom stereocenters. The van der Waals surface area contributed by atoms with Gasteiger partial charge in [-0.05, 0) is 42.6 Å². The molecule has 1 aromatic heterocycles. The van der Waals surface area contributed by atoms with E-state index in [9.17, 15) is 4.79 Å². The lowest BCUT2D eigenvalue weighted by Gasteiger charge is -2.15. The monoisotopic (exact) mass is 311 g/mol. The van der Waals surface area contributed by atoms with Crippen molar-refractivity contribution in [3.8, 4) is 6.07 Å². The lowest BCUT2D eigenvalue weighted by Crippen LogP contribution is -2.13. The van der Waals surface area contributed by atoms with Gasteiger partial charge in [-0.25, -0.2) is 0 Å². The smallest absolute Gasteiger partial charge is 0.218 e. The van der Waals surface area contributed by atoms with Crippen LogP contribution in [0.2, 0.25) is 0 Å². The number of aromatic nitrogens is 1. The van der Waals surface area contributed by atoms with Gasteiger partial charge in [-0.15, -0.1) is 0 Å². The number of rotatable bonds is 5. The molecule has 4 nitrogen and oxygen atoms in total. The average molecular weight is 312 g/mol. The van der Waals surface area contributed by atoms with Gasteiger partial charge < -0.3 is 10.3 Å². The Bertz CT molecular complexity index is 488. The molecule has 0 aromatic carbocycles. The molecule has 0 aliphatic rings. The fraction of sp³-hybridized carbons (Fsp3) is 0.538. The predicted molar refractivity (Wildman–Crippen MR) is 76.1 cm³/mol. The Morgan fingerprint density at radius 3 is 2.67 bits per heavy atom. The SMILES string of the molecule is CC(C)(C#N)CCCCn1cc(N)c(=O)c(Br)c1. The van der Waals surface area contributed by atoms with E-state index in [2.05, 4.69) is 22.0 Å². The van der Waals surface area contributed by atoms with E-state index in [-0.39, 0.29) is 16.5 Å². The van der Waals surface area contributed by atoms with Gasteiger partial charge in [0.15, 0.2) is 0 Å². The minimum absolute atomic E-state index is 0.170. The molecule has 0 fully saturated rings. The second-order valence-corrected chi connectivity index (χ2v) is 5.94. The predicted octanol–water partition coefficient (Wildman–Crippen LogP) is 2.91. The molecule has 5 heteroatoms. The molecule has 0 saturated carbocycles. The van der Waals surface area contributed by atoms with E-state index in [4.69, 9.17) is 11.0 Å². The van der Waals surface area contributed by atoms with Gasteiger partial charge in [0.05, 0.1) is 21.6 Å². The third-order valence-electron chi connectivity index (χ3n) is 2.83. The minimum atomic E-state index is -0.261. The molecule has 1 aromatic rings. The second kappa shape index (κ2) is 6.05. The van der Waals surface area contributed by atoms with Crippen LogP contribution in [0.25, 0.3) is 0 Å². The number of aryl methyl sites for hydroxylation is 1. The summed E-state index contributed by atoms with van der Waals surface area (Å²) >= 11 is 3.19. The first kappa shape index (κ1) is 14.8. The number of halogens is 1. The first-order chi connectivity index (χ1) is 8.35. The van der Waals surface area contributed by atoms with Gasteiger partial charge in [-0.3, -0.25) is 4.79 Å². The number of hydrogen-bond acceptors (Lipinski definition) is 3. The first-order valence-corrected chi connectivity index (χ1v) is 6.71. The zero-order valence-electron chi connectivity index (χ0n) is 10.7. The van der Waals surface area contributed by atoms with Crippen LogP contribution < -0.4 is 11.2 Å². The van der Waals surface area contributed by atoms with E-state index in [0.717, 1.165) is 25.8 Å². The normalized spacial score (nSPS) is 11.2. The number of nitrogens with two attached hydrogens (primary N) is 1. The molecule has 18 heavy (non-hydrogen) atoms. The fourth-order valence-electron chi connectivity index (χ4n) is 1.66. The summed E-state index contributed by atoms with van der Waals surface area (Å²) in [5, 5.41) is 8.90. The molecule has 0 aliphatic heterocycles. The Balaban J connectivity index is 2.51. The molecule has 0 unspecified atom stereocenters. The van der Waals surface area contributed by atoms with E-state index in [1.54, 1.807) is 12.4 Å². The number of nitriles is 1. The maximum atomic E-state index is 11.4. The van der Waals surface area contributed by atoms with E-state index in [1.807, 2.05) is 18.4 Å². The van der Waals surface area contributed by atoms with Gasteiger partial charge in [-0.1, -0.05) is 6.42 Å². The molecule has 1 heterocycles. The molecule has 0 aliphatic carbocycles. The van der Waals surface area contributed by atoms with Crippen LogP contribution in [0.15, 0.2) is 21.7 Å². The fourth-order valence-corrected chi connectivity index (χ4v) is 2.15. The number of nitrogen functional groups attached to an aromatic ring is 1. The molecule has 0 spiro atoms. The largest absolute Gasteiger partial charge is 0.394 e. The number of nitrogens with zero attached hydrogens (tertiary/aromatic N) is 2. The van der Waals surface area contributed by atoms with Crippen molar-refractivity contribution in [3.63, 3.8) is 0 Å². The number of unbranched alkanes of at least 4 members (excludes halogenated alkanes) is 1. The summed E-state index contributed by atoms with van der Waals surface area (Å²) in [7, 11) is 0. The summed E-state index contributed by atoms with van der Waals surface area (Å²) in [6.45, 7) is 4.69. The highest BCUT2D eigenvalue weighted by atomic mass is 79.9. The third kappa shape index (κ3) is 4.19. The highest BCUT2D eigenvalue weighted by molar-refractivity contribution is 9.10. The van der Waals surface area contributed by atoms with Crippen molar-refractivity contribution >= 4 is 21.6 Å². The summed E-state index contributed by atoms with van der Waals surface area (Å²) in [5.74, 6) is 0. The van der Waals surface area contributed by atoms with Crippen LogP contribution in [0.4, 0.5) is 5.69 Å². The minimum Gasteiger partial charge on any atom is -0.394 e. The van der Waals surface area contributed by atoms with Gasteiger partial charge in [0.2, 0.25) is 5.43 Å².